The van der Waals surface area contributed by atoms with Crippen LogP contribution in [0.2, 0.25) is 0 Å². The molecule has 6 nitrogen and oxygen atoms in total. The minimum atomic E-state index is -1.27. The first-order valence-corrected chi connectivity index (χ1v) is 6.59. The average Bonchev–Trinajstić information content (AvgIpc) is 3.07. The summed E-state index contributed by atoms with van der Waals surface area (Å²) in [6.45, 7) is 0. The number of carboxylic acid groups (broad SMARTS) is 1. The normalized spacial score (nSPS) is 29.4. The number of carboxylic acids is 1. The molecule has 1 aromatic rings. The van der Waals surface area contributed by atoms with Gasteiger partial charge in [0.25, 0.3) is 0 Å². The largest absolute Gasteiger partial charge is 0.550 e. The molecule has 1 fully saturated rings. The molecule has 2 heterocycles. The minimum Gasteiger partial charge on any atom is -0.550 e. The summed E-state index contributed by atoms with van der Waals surface area (Å²) in [7, 11) is 1.53. The van der Waals surface area contributed by atoms with Gasteiger partial charge in [0.15, 0.2) is 0 Å². The number of ether oxygens (including phenoxy) is 2. The summed E-state index contributed by atoms with van der Waals surface area (Å²) in [5.74, 6) is -2.79. The minimum absolute atomic E-state index is 0.394. The van der Waals surface area contributed by atoms with Crippen molar-refractivity contribution >= 4 is 17.6 Å². The maximum absolute atomic E-state index is 12.4. The Morgan fingerprint density at radius 1 is 1.24 bits per heavy atom. The van der Waals surface area contributed by atoms with Crippen LogP contribution in [0, 0.1) is 11.8 Å². The van der Waals surface area contributed by atoms with E-state index in [1.165, 1.54) is 7.11 Å². The predicted octanol–water partition coefficient (Wildman–Crippen LogP) is -0.0468. The van der Waals surface area contributed by atoms with Crippen LogP contribution in [0.1, 0.15) is 0 Å². The number of anilines is 1. The van der Waals surface area contributed by atoms with Gasteiger partial charge in [0.1, 0.15) is 5.75 Å². The van der Waals surface area contributed by atoms with Crippen LogP contribution in [0.4, 0.5) is 5.69 Å². The number of carbonyl (C=O) groups is 2. The number of methoxy groups -OCH3 is 1. The third-order valence-corrected chi connectivity index (χ3v) is 3.81. The highest BCUT2D eigenvalue weighted by atomic mass is 16.5. The molecule has 0 unspecified atom stereocenters. The fourth-order valence-electron chi connectivity index (χ4n) is 2.83. The number of fused-ring (bicyclic) bond motifs is 2. The van der Waals surface area contributed by atoms with E-state index in [1.54, 1.807) is 36.4 Å². The Labute approximate surface area is 121 Å². The Balaban J connectivity index is 1.78. The maximum Gasteiger partial charge on any atom is 0.231 e. The van der Waals surface area contributed by atoms with Gasteiger partial charge in [0, 0.05) is 23.6 Å². The van der Waals surface area contributed by atoms with Crippen LogP contribution in [-0.4, -0.2) is 31.2 Å². The van der Waals surface area contributed by atoms with Crippen LogP contribution >= 0.6 is 0 Å². The van der Waals surface area contributed by atoms with Gasteiger partial charge in [-0.05, 0) is 12.1 Å². The maximum atomic E-state index is 12.4. The van der Waals surface area contributed by atoms with Crippen molar-refractivity contribution in [3.63, 3.8) is 0 Å². The molecular formula is C15H14NO5-. The third-order valence-electron chi connectivity index (χ3n) is 3.81. The van der Waals surface area contributed by atoms with Gasteiger partial charge < -0.3 is 24.7 Å². The number of aliphatic carboxylic acids is 1. The van der Waals surface area contributed by atoms with Crippen molar-refractivity contribution in [2.75, 3.05) is 12.4 Å². The number of rotatable bonds is 4. The van der Waals surface area contributed by atoms with Crippen LogP contribution in [0.3, 0.4) is 0 Å². The van der Waals surface area contributed by atoms with E-state index in [1.807, 2.05) is 0 Å². The summed E-state index contributed by atoms with van der Waals surface area (Å²) in [6, 6.07) is 6.86. The van der Waals surface area contributed by atoms with Crippen molar-refractivity contribution in [3.05, 3.63) is 36.4 Å². The fourth-order valence-corrected chi connectivity index (χ4v) is 2.83. The first kappa shape index (κ1) is 13.6. The fraction of sp³-hybridized carbons (Fsp3) is 0.333. The van der Waals surface area contributed by atoms with E-state index >= 15 is 0 Å². The molecule has 0 aliphatic carbocycles. The summed E-state index contributed by atoms with van der Waals surface area (Å²) >= 11 is 0. The van der Waals surface area contributed by atoms with E-state index in [0.717, 1.165) is 0 Å². The molecule has 6 heteroatoms. The Hall–Kier alpha value is -2.34. The van der Waals surface area contributed by atoms with Gasteiger partial charge in [0.2, 0.25) is 5.91 Å². The van der Waals surface area contributed by atoms with E-state index < -0.39 is 35.9 Å². The van der Waals surface area contributed by atoms with E-state index in [-0.39, 0.29) is 0 Å². The number of nitrogens with one attached hydrogen (secondary N) is 1. The summed E-state index contributed by atoms with van der Waals surface area (Å²) in [5, 5.41) is 13.9. The van der Waals surface area contributed by atoms with Crippen molar-refractivity contribution in [3.8, 4) is 5.75 Å². The van der Waals surface area contributed by atoms with Crippen LogP contribution < -0.4 is 15.2 Å². The molecule has 3 rings (SSSR count). The smallest absolute Gasteiger partial charge is 0.231 e. The quantitative estimate of drug-likeness (QED) is 0.785. The van der Waals surface area contributed by atoms with Crippen LogP contribution in [0.5, 0.6) is 5.75 Å². The SMILES string of the molecule is COc1cccc(NC(=O)[C@H]2[C@@H](C(=O)[O-])[C@H]3C=C[C@@H]2O3)c1. The number of amides is 1. The van der Waals surface area contributed by atoms with Crippen molar-refractivity contribution < 1.29 is 24.2 Å². The zero-order chi connectivity index (χ0) is 15.0. The summed E-state index contributed by atoms with van der Waals surface area (Å²) in [4.78, 5) is 23.6. The predicted molar refractivity (Wildman–Crippen MR) is 71.4 cm³/mol. The lowest BCUT2D eigenvalue weighted by atomic mass is 9.82. The van der Waals surface area contributed by atoms with E-state index in [9.17, 15) is 14.7 Å². The first-order chi connectivity index (χ1) is 10.1. The van der Waals surface area contributed by atoms with E-state index in [0.29, 0.717) is 11.4 Å². The Morgan fingerprint density at radius 3 is 2.62 bits per heavy atom. The zero-order valence-corrected chi connectivity index (χ0v) is 11.3. The highest BCUT2D eigenvalue weighted by Gasteiger charge is 2.50. The zero-order valence-electron chi connectivity index (χ0n) is 11.3. The third kappa shape index (κ3) is 2.38. The van der Waals surface area contributed by atoms with Crippen molar-refractivity contribution in [2.24, 2.45) is 11.8 Å². The topological polar surface area (TPSA) is 87.7 Å². The molecular weight excluding hydrogens is 274 g/mol. The standard InChI is InChI=1S/C15H15NO5/c1-20-9-4-2-3-8(7-9)16-14(17)12-10-5-6-11(21-10)13(12)15(18)19/h2-7,10-13H,1H3,(H,16,17)(H,18,19)/p-1/t10-,11+,12+,13-/m0/s1. The Bertz CT molecular complexity index is 612. The lowest BCUT2D eigenvalue weighted by Crippen LogP contribution is -2.45. The van der Waals surface area contributed by atoms with Crippen LogP contribution in [0.15, 0.2) is 36.4 Å². The second kappa shape index (κ2) is 5.21. The molecule has 1 N–H and O–H groups in total. The summed E-state index contributed by atoms with van der Waals surface area (Å²) in [6.07, 6.45) is 2.30. The molecule has 0 aromatic heterocycles. The molecule has 2 aliphatic heterocycles. The molecule has 1 amide bonds. The average molecular weight is 288 g/mol. The number of carbonyl (C=O) groups excluding carboxylic acids is 2. The molecule has 4 atom stereocenters. The molecule has 0 radical (unpaired) electrons. The van der Waals surface area contributed by atoms with Crippen molar-refractivity contribution in [1.82, 2.24) is 0 Å². The summed E-state index contributed by atoms with van der Waals surface area (Å²) < 4.78 is 10.5. The van der Waals surface area contributed by atoms with Gasteiger partial charge in [-0.1, -0.05) is 18.2 Å². The van der Waals surface area contributed by atoms with Crippen LogP contribution in [0.25, 0.3) is 0 Å². The van der Waals surface area contributed by atoms with E-state index in [4.69, 9.17) is 9.47 Å². The number of hydrogen-bond donors (Lipinski definition) is 1. The van der Waals surface area contributed by atoms with Crippen LogP contribution in [-0.2, 0) is 14.3 Å². The molecule has 2 bridgehead atoms. The van der Waals surface area contributed by atoms with Gasteiger partial charge in [0.05, 0.1) is 25.2 Å². The first-order valence-electron chi connectivity index (χ1n) is 6.59. The van der Waals surface area contributed by atoms with Crippen molar-refractivity contribution in [1.29, 1.82) is 0 Å². The second-order valence-corrected chi connectivity index (χ2v) is 5.04. The van der Waals surface area contributed by atoms with Gasteiger partial charge in [-0.15, -0.1) is 0 Å². The molecule has 21 heavy (non-hydrogen) atoms. The second-order valence-electron chi connectivity index (χ2n) is 5.04. The molecule has 2 aliphatic rings. The Kier molecular flexibility index (Phi) is 3.39. The molecule has 1 aromatic carbocycles. The van der Waals surface area contributed by atoms with E-state index in [2.05, 4.69) is 5.32 Å². The summed E-state index contributed by atoms with van der Waals surface area (Å²) in [5.41, 5.74) is 0.545. The van der Waals surface area contributed by atoms with Gasteiger partial charge in [-0.25, -0.2) is 0 Å². The van der Waals surface area contributed by atoms with Gasteiger partial charge in [-0.3, -0.25) is 4.79 Å². The molecule has 0 spiro atoms. The number of benzene rings is 1. The number of hydrogen-bond acceptors (Lipinski definition) is 5. The monoisotopic (exact) mass is 288 g/mol. The van der Waals surface area contributed by atoms with Gasteiger partial charge >= 0.3 is 0 Å². The van der Waals surface area contributed by atoms with Crippen molar-refractivity contribution in [2.45, 2.75) is 12.2 Å². The Morgan fingerprint density at radius 2 is 1.95 bits per heavy atom. The van der Waals surface area contributed by atoms with Gasteiger partial charge in [-0.2, -0.15) is 0 Å². The highest BCUT2D eigenvalue weighted by Crippen LogP contribution is 2.39. The highest BCUT2D eigenvalue weighted by molar-refractivity contribution is 5.96. The molecule has 1 saturated heterocycles. The lowest BCUT2D eigenvalue weighted by Gasteiger charge is -2.25. The molecule has 0 saturated carbocycles. The lowest BCUT2D eigenvalue weighted by molar-refractivity contribution is -0.313. The molecule has 110 valence electrons.